The molecule has 0 saturated carbocycles. The zero-order chi connectivity index (χ0) is 12.4. The lowest BCUT2D eigenvalue weighted by Gasteiger charge is -2.21. The summed E-state index contributed by atoms with van der Waals surface area (Å²) >= 11 is 1.88. The molecule has 2 saturated heterocycles. The average molecular weight is 265 g/mol. The fourth-order valence-corrected chi connectivity index (χ4v) is 4.11. The van der Waals surface area contributed by atoms with E-state index in [0.717, 1.165) is 5.92 Å². The molecule has 0 aliphatic carbocycles. The van der Waals surface area contributed by atoms with E-state index in [1.807, 2.05) is 11.3 Å². The Morgan fingerprint density at radius 1 is 1.39 bits per heavy atom. The Kier molecular flexibility index (Phi) is 3.97. The van der Waals surface area contributed by atoms with Crippen LogP contribution in [0.3, 0.4) is 0 Å². The van der Waals surface area contributed by atoms with Crippen molar-refractivity contribution in [2.24, 2.45) is 5.92 Å². The lowest BCUT2D eigenvalue weighted by Crippen LogP contribution is -2.28. The molecule has 4 heteroatoms. The van der Waals surface area contributed by atoms with Crippen LogP contribution >= 0.6 is 11.3 Å². The zero-order valence-electron chi connectivity index (χ0n) is 11.2. The molecule has 0 aromatic carbocycles. The predicted molar refractivity (Wildman–Crippen MR) is 76.3 cm³/mol. The molecule has 18 heavy (non-hydrogen) atoms. The Hall–Kier alpha value is -0.450. The van der Waals surface area contributed by atoms with E-state index in [0.29, 0.717) is 5.92 Å². The molecule has 0 spiro atoms. The summed E-state index contributed by atoms with van der Waals surface area (Å²) in [6.45, 7) is 4.80. The van der Waals surface area contributed by atoms with Crippen molar-refractivity contribution >= 4 is 11.3 Å². The van der Waals surface area contributed by atoms with E-state index in [9.17, 15) is 0 Å². The minimum atomic E-state index is 0.688. The van der Waals surface area contributed by atoms with Gasteiger partial charge in [-0.2, -0.15) is 0 Å². The van der Waals surface area contributed by atoms with Crippen LogP contribution in [0.15, 0.2) is 5.38 Å². The number of likely N-dealkylation sites (N-methyl/N-ethyl adjacent to an activating group) is 1. The molecule has 1 atom stereocenters. The molecule has 2 fully saturated rings. The molecule has 1 N–H and O–H groups in total. The summed E-state index contributed by atoms with van der Waals surface area (Å²) in [5.41, 5.74) is 1.35. The minimum absolute atomic E-state index is 0.688. The predicted octanol–water partition coefficient (Wildman–Crippen LogP) is 2.10. The first-order valence-electron chi connectivity index (χ1n) is 7.15. The normalized spacial score (nSPS) is 26.8. The van der Waals surface area contributed by atoms with Gasteiger partial charge >= 0.3 is 0 Å². The van der Waals surface area contributed by atoms with Gasteiger partial charge in [-0.15, -0.1) is 11.3 Å². The van der Waals surface area contributed by atoms with Crippen LogP contribution in [0.4, 0.5) is 0 Å². The Bertz CT molecular complexity index is 384. The van der Waals surface area contributed by atoms with E-state index >= 15 is 0 Å². The standard InChI is InChI=1S/C14H23N3S/c1-17-7-4-12(9-17)13-10-18-14(16-13)8-11-2-5-15-6-3-11/h10-12,15H,2-9H2,1H3. The summed E-state index contributed by atoms with van der Waals surface area (Å²) in [5, 5.41) is 7.11. The van der Waals surface area contributed by atoms with Gasteiger partial charge in [0.25, 0.3) is 0 Å². The van der Waals surface area contributed by atoms with Gasteiger partial charge in [0.15, 0.2) is 0 Å². The molecule has 1 unspecified atom stereocenters. The first-order chi connectivity index (χ1) is 8.81. The molecule has 3 rings (SSSR count). The summed E-state index contributed by atoms with van der Waals surface area (Å²) in [7, 11) is 2.21. The Balaban J connectivity index is 1.59. The van der Waals surface area contributed by atoms with Crippen molar-refractivity contribution < 1.29 is 0 Å². The van der Waals surface area contributed by atoms with Gasteiger partial charge in [0.1, 0.15) is 0 Å². The van der Waals surface area contributed by atoms with Crippen LogP contribution in [0.1, 0.15) is 35.9 Å². The van der Waals surface area contributed by atoms with E-state index in [1.54, 1.807) is 0 Å². The van der Waals surface area contributed by atoms with E-state index in [2.05, 4.69) is 22.6 Å². The maximum atomic E-state index is 4.89. The SMILES string of the molecule is CN1CCC(c2csc(CC3CCNCC3)n2)C1. The molecule has 0 amide bonds. The van der Waals surface area contributed by atoms with Gasteiger partial charge in [-0.05, 0) is 51.9 Å². The van der Waals surface area contributed by atoms with Crippen molar-refractivity contribution in [3.8, 4) is 0 Å². The van der Waals surface area contributed by atoms with Crippen molar-refractivity contribution in [3.05, 3.63) is 16.1 Å². The fraction of sp³-hybridized carbons (Fsp3) is 0.786. The monoisotopic (exact) mass is 265 g/mol. The van der Waals surface area contributed by atoms with Crippen LogP contribution < -0.4 is 5.32 Å². The van der Waals surface area contributed by atoms with Crippen molar-refractivity contribution in [2.45, 2.75) is 31.6 Å². The number of nitrogens with zero attached hydrogens (tertiary/aromatic N) is 2. The van der Waals surface area contributed by atoms with Crippen LogP contribution in [-0.2, 0) is 6.42 Å². The first-order valence-corrected chi connectivity index (χ1v) is 8.03. The molecule has 2 aliphatic rings. The highest BCUT2D eigenvalue weighted by atomic mass is 32.1. The third kappa shape index (κ3) is 2.92. The number of likely N-dealkylation sites (tertiary alicyclic amines) is 1. The number of piperidine rings is 1. The number of rotatable bonds is 3. The van der Waals surface area contributed by atoms with Gasteiger partial charge < -0.3 is 10.2 Å². The molecule has 0 bridgehead atoms. The molecule has 0 radical (unpaired) electrons. The Labute approximate surface area is 114 Å². The third-order valence-electron chi connectivity index (χ3n) is 4.30. The molecule has 100 valence electrons. The van der Waals surface area contributed by atoms with Crippen LogP contribution in [-0.4, -0.2) is 43.1 Å². The van der Waals surface area contributed by atoms with Crippen molar-refractivity contribution in [3.63, 3.8) is 0 Å². The van der Waals surface area contributed by atoms with E-state index in [1.165, 1.54) is 62.6 Å². The number of hydrogen-bond donors (Lipinski definition) is 1. The highest BCUT2D eigenvalue weighted by Gasteiger charge is 2.24. The fourth-order valence-electron chi connectivity index (χ4n) is 3.12. The quantitative estimate of drug-likeness (QED) is 0.907. The Morgan fingerprint density at radius 3 is 2.94 bits per heavy atom. The highest BCUT2D eigenvalue weighted by molar-refractivity contribution is 7.09. The number of thiazole rings is 1. The van der Waals surface area contributed by atoms with Crippen molar-refractivity contribution in [1.82, 2.24) is 15.2 Å². The van der Waals surface area contributed by atoms with Gasteiger partial charge in [-0.1, -0.05) is 0 Å². The van der Waals surface area contributed by atoms with Crippen LogP contribution in [0.2, 0.25) is 0 Å². The topological polar surface area (TPSA) is 28.2 Å². The summed E-state index contributed by atoms with van der Waals surface area (Å²) in [4.78, 5) is 7.31. The summed E-state index contributed by atoms with van der Waals surface area (Å²) < 4.78 is 0. The maximum absolute atomic E-state index is 4.89. The van der Waals surface area contributed by atoms with Crippen molar-refractivity contribution in [1.29, 1.82) is 0 Å². The summed E-state index contributed by atoms with van der Waals surface area (Å²) in [6, 6.07) is 0. The molecule has 3 nitrogen and oxygen atoms in total. The molecule has 1 aromatic heterocycles. The number of nitrogens with one attached hydrogen (secondary N) is 1. The smallest absolute Gasteiger partial charge is 0.0931 e. The van der Waals surface area contributed by atoms with E-state index in [4.69, 9.17) is 4.98 Å². The largest absolute Gasteiger partial charge is 0.317 e. The van der Waals surface area contributed by atoms with Crippen molar-refractivity contribution in [2.75, 3.05) is 33.2 Å². The van der Waals surface area contributed by atoms with Gasteiger partial charge in [0.2, 0.25) is 0 Å². The first kappa shape index (κ1) is 12.6. The van der Waals surface area contributed by atoms with Gasteiger partial charge in [0, 0.05) is 24.3 Å². The lowest BCUT2D eigenvalue weighted by atomic mass is 9.95. The second-order valence-corrected chi connectivity index (χ2v) is 6.75. The van der Waals surface area contributed by atoms with Gasteiger partial charge in [-0.25, -0.2) is 4.98 Å². The van der Waals surface area contributed by atoms with Crippen LogP contribution in [0, 0.1) is 5.92 Å². The second-order valence-electron chi connectivity index (χ2n) is 5.81. The molecule has 2 aliphatic heterocycles. The van der Waals surface area contributed by atoms with Crippen LogP contribution in [0.5, 0.6) is 0 Å². The molecular weight excluding hydrogens is 242 g/mol. The highest BCUT2D eigenvalue weighted by Crippen LogP contribution is 2.28. The average Bonchev–Trinajstić information content (AvgIpc) is 2.99. The van der Waals surface area contributed by atoms with E-state index < -0.39 is 0 Å². The Morgan fingerprint density at radius 2 is 2.22 bits per heavy atom. The summed E-state index contributed by atoms with van der Waals surface area (Å²) in [5.74, 6) is 1.55. The maximum Gasteiger partial charge on any atom is 0.0931 e. The second kappa shape index (κ2) is 5.68. The molecule has 1 aromatic rings. The minimum Gasteiger partial charge on any atom is -0.317 e. The van der Waals surface area contributed by atoms with Gasteiger partial charge in [0.05, 0.1) is 10.7 Å². The summed E-state index contributed by atoms with van der Waals surface area (Å²) in [6.07, 6.45) is 5.13. The lowest BCUT2D eigenvalue weighted by molar-refractivity contribution is 0.372. The van der Waals surface area contributed by atoms with Gasteiger partial charge in [-0.3, -0.25) is 0 Å². The zero-order valence-corrected chi connectivity index (χ0v) is 12.0. The van der Waals surface area contributed by atoms with Crippen LogP contribution in [0.25, 0.3) is 0 Å². The van der Waals surface area contributed by atoms with E-state index in [-0.39, 0.29) is 0 Å². The third-order valence-corrected chi connectivity index (χ3v) is 5.19. The molecule has 3 heterocycles. The molecular formula is C14H23N3S. The number of aromatic nitrogens is 1. The number of hydrogen-bond acceptors (Lipinski definition) is 4.